The van der Waals surface area contributed by atoms with Crippen molar-refractivity contribution in [2.45, 2.75) is 11.8 Å². The molecule has 1 aromatic rings. The van der Waals surface area contributed by atoms with E-state index in [9.17, 15) is 13.2 Å². The summed E-state index contributed by atoms with van der Waals surface area (Å²) in [6, 6.07) is 6.01. The molecule has 0 spiro atoms. The van der Waals surface area contributed by atoms with Crippen LogP contribution in [0.1, 0.15) is 17.3 Å². The van der Waals surface area contributed by atoms with Gasteiger partial charge in [0.25, 0.3) is 0 Å². The Morgan fingerprint density at radius 2 is 2.05 bits per heavy atom. The quantitative estimate of drug-likeness (QED) is 0.776. The molecule has 1 aromatic carbocycles. The topological polar surface area (TPSA) is 72.5 Å². The normalized spacial score (nSPS) is 12.9. The van der Waals surface area contributed by atoms with Crippen molar-refractivity contribution < 1.29 is 17.9 Å². The number of nitrogens with one attached hydrogen (secondary N) is 1. The maximum absolute atomic E-state index is 12.3. The average Bonchev–Trinajstić information content (AvgIpc) is 2.45. The average molecular weight is 317 g/mol. The summed E-state index contributed by atoms with van der Waals surface area (Å²) in [6.45, 7) is 2.30. The second kappa shape index (κ2) is 7.66. The summed E-state index contributed by atoms with van der Waals surface area (Å²) >= 11 is 1.66. The van der Waals surface area contributed by atoms with Crippen molar-refractivity contribution >= 4 is 27.8 Å². The lowest BCUT2D eigenvalue weighted by Crippen LogP contribution is -2.30. The number of sulfonamides is 1. The van der Waals surface area contributed by atoms with Crippen molar-refractivity contribution in [3.63, 3.8) is 0 Å². The van der Waals surface area contributed by atoms with E-state index < -0.39 is 16.0 Å². The molecule has 0 aliphatic heterocycles. The first-order valence-electron chi connectivity index (χ1n) is 6.08. The highest BCUT2D eigenvalue weighted by atomic mass is 32.2. The number of hydrogen-bond donors (Lipinski definition) is 1. The van der Waals surface area contributed by atoms with Crippen molar-refractivity contribution in [2.24, 2.45) is 5.92 Å². The number of methoxy groups -OCH3 is 1. The van der Waals surface area contributed by atoms with Gasteiger partial charge in [0, 0.05) is 6.54 Å². The molecular formula is C13H19NO4S2. The number of carbonyl (C=O) groups is 1. The first-order chi connectivity index (χ1) is 9.42. The molecular weight excluding hydrogens is 298 g/mol. The third-order valence-electron chi connectivity index (χ3n) is 2.65. The van der Waals surface area contributed by atoms with Crippen LogP contribution in [0, 0.1) is 5.92 Å². The highest BCUT2D eigenvalue weighted by Crippen LogP contribution is 2.16. The Morgan fingerprint density at radius 1 is 1.40 bits per heavy atom. The van der Waals surface area contributed by atoms with Crippen molar-refractivity contribution in [1.82, 2.24) is 4.72 Å². The Hall–Kier alpha value is -1.05. The minimum atomic E-state index is -3.72. The molecule has 1 N–H and O–H groups in total. The molecule has 1 unspecified atom stereocenters. The lowest BCUT2D eigenvalue weighted by atomic mass is 10.2. The molecule has 0 bridgehead atoms. The van der Waals surface area contributed by atoms with Crippen LogP contribution in [0.3, 0.4) is 0 Å². The van der Waals surface area contributed by atoms with E-state index in [0.717, 1.165) is 5.75 Å². The lowest BCUT2D eigenvalue weighted by Gasteiger charge is -2.13. The molecule has 0 saturated heterocycles. The van der Waals surface area contributed by atoms with Crippen LogP contribution in [0.25, 0.3) is 0 Å². The third-order valence-corrected chi connectivity index (χ3v) is 5.04. The summed E-state index contributed by atoms with van der Waals surface area (Å²) in [5, 5.41) is 0. The zero-order valence-corrected chi connectivity index (χ0v) is 13.4. The predicted molar refractivity (Wildman–Crippen MR) is 80.5 cm³/mol. The second-order valence-electron chi connectivity index (χ2n) is 4.40. The van der Waals surface area contributed by atoms with E-state index >= 15 is 0 Å². The zero-order valence-electron chi connectivity index (χ0n) is 11.8. The fourth-order valence-corrected chi connectivity index (χ4v) is 3.70. The van der Waals surface area contributed by atoms with E-state index in [2.05, 4.69) is 9.46 Å². The summed E-state index contributed by atoms with van der Waals surface area (Å²) in [7, 11) is -2.50. The number of ether oxygens (including phenoxy) is 1. The van der Waals surface area contributed by atoms with E-state index in [1.54, 1.807) is 23.9 Å². The van der Waals surface area contributed by atoms with E-state index in [0.29, 0.717) is 6.54 Å². The van der Waals surface area contributed by atoms with Crippen LogP contribution in [-0.4, -0.2) is 40.1 Å². The van der Waals surface area contributed by atoms with Gasteiger partial charge in [-0.3, -0.25) is 0 Å². The fourth-order valence-electron chi connectivity index (χ4n) is 1.65. The lowest BCUT2D eigenvalue weighted by molar-refractivity contribution is 0.0596. The van der Waals surface area contributed by atoms with Gasteiger partial charge in [-0.2, -0.15) is 11.8 Å². The summed E-state index contributed by atoms with van der Waals surface area (Å²) in [4.78, 5) is 11.6. The van der Waals surface area contributed by atoms with Crippen molar-refractivity contribution in [3.8, 4) is 0 Å². The summed E-state index contributed by atoms with van der Waals surface area (Å²) in [5.41, 5.74) is 0.0417. The number of hydrogen-bond acceptors (Lipinski definition) is 5. The molecule has 0 aliphatic rings. The van der Waals surface area contributed by atoms with Crippen LogP contribution in [0.4, 0.5) is 0 Å². The van der Waals surface area contributed by atoms with Gasteiger partial charge in [0.15, 0.2) is 0 Å². The number of carbonyl (C=O) groups excluding carboxylic acids is 1. The SMILES string of the molecule is COC(=O)c1ccccc1S(=O)(=O)NCC(C)CSC. The van der Waals surface area contributed by atoms with Crippen molar-refractivity contribution in [2.75, 3.05) is 25.7 Å². The van der Waals surface area contributed by atoms with E-state index in [1.807, 2.05) is 13.2 Å². The largest absolute Gasteiger partial charge is 0.465 e. The van der Waals surface area contributed by atoms with Gasteiger partial charge in [0.2, 0.25) is 10.0 Å². The molecule has 1 atom stereocenters. The Morgan fingerprint density at radius 3 is 2.65 bits per heavy atom. The summed E-state index contributed by atoms with van der Waals surface area (Å²) < 4.78 is 31.6. The van der Waals surface area contributed by atoms with Gasteiger partial charge in [-0.25, -0.2) is 17.9 Å². The van der Waals surface area contributed by atoms with Gasteiger partial charge in [0.05, 0.1) is 17.6 Å². The summed E-state index contributed by atoms with van der Waals surface area (Å²) in [6.07, 6.45) is 1.97. The zero-order chi connectivity index (χ0) is 15.2. The standard InChI is InChI=1S/C13H19NO4S2/c1-10(9-19-3)8-14-20(16,17)12-7-5-4-6-11(12)13(15)18-2/h4-7,10,14H,8-9H2,1-3H3. The molecule has 1 rings (SSSR count). The number of benzene rings is 1. The highest BCUT2D eigenvalue weighted by molar-refractivity contribution is 7.98. The van der Waals surface area contributed by atoms with E-state index in [-0.39, 0.29) is 16.4 Å². The molecule has 7 heteroatoms. The fraction of sp³-hybridized carbons (Fsp3) is 0.462. The van der Waals surface area contributed by atoms with Crippen LogP contribution >= 0.6 is 11.8 Å². The molecule has 0 saturated carbocycles. The molecule has 5 nitrogen and oxygen atoms in total. The van der Waals surface area contributed by atoms with Gasteiger partial charge in [-0.15, -0.1) is 0 Å². The second-order valence-corrected chi connectivity index (χ2v) is 7.05. The first kappa shape index (κ1) is 17.0. The summed E-state index contributed by atoms with van der Waals surface area (Å²) in [5.74, 6) is 0.412. The van der Waals surface area contributed by atoms with Crippen molar-refractivity contribution in [3.05, 3.63) is 29.8 Å². The molecule has 0 aromatic heterocycles. The predicted octanol–water partition coefficient (Wildman–Crippen LogP) is 1.75. The first-order valence-corrected chi connectivity index (χ1v) is 8.96. The van der Waals surface area contributed by atoms with Crippen LogP contribution in [0.15, 0.2) is 29.2 Å². The smallest absolute Gasteiger partial charge is 0.339 e. The molecule has 0 fully saturated rings. The Balaban J connectivity index is 2.95. The molecule has 0 amide bonds. The highest BCUT2D eigenvalue weighted by Gasteiger charge is 2.22. The van der Waals surface area contributed by atoms with Crippen molar-refractivity contribution in [1.29, 1.82) is 0 Å². The molecule has 0 radical (unpaired) electrons. The van der Waals surface area contributed by atoms with E-state index in [4.69, 9.17) is 0 Å². The number of rotatable bonds is 7. The number of esters is 1. The number of thioether (sulfide) groups is 1. The minimum absolute atomic E-state index is 0.0417. The minimum Gasteiger partial charge on any atom is -0.465 e. The van der Waals surface area contributed by atoms with E-state index in [1.165, 1.54) is 19.2 Å². The third kappa shape index (κ3) is 4.50. The van der Waals surface area contributed by atoms with Gasteiger partial charge in [0.1, 0.15) is 0 Å². The van der Waals surface area contributed by atoms with Gasteiger partial charge in [-0.1, -0.05) is 19.1 Å². The molecule has 0 heterocycles. The van der Waals surface area contributed by atoms with Gasteiger partial charge < -0.3 is 4.74 Å². The maximum Gasteiger partial charge on any atom is 0.339 e. The Bertz CT molecular complexity index is 557. The maximum atomic E-state index is 12.3. The molecule has 0 aliphatic carbocycles. The van der Waals surface area contributed by atoms with Crippen LogP contribution in [0.2, 0.25) is 0 Å². The van der Waals surface area contributed by atoms with Crippen LogP contribution < -0.4 is 4.72 Å². The van der Waals surface area contributed by atoms with Gasteiger partial charge >= 0.3 is 5.97 Å². The molecule has 20 heavy (non-hydrogen) atoms. The van der Waals surface area contributed by atoms with Crippen LogP contribution in [-0.2, 0) is 14.8 Å². The van der Waals surface area contributed by atoms with Crippen LogP contribution in [0.5, 0.6) is 0 Å². The Kier molecular flexibility index (Phi) is 6.51. The monoisotopic (exact) mass is 317 g/mol. The van der Waals surface area contributed by atoms with Gasteiger partial charge in [-0.05, 0) is 30.1 Å². The Labute approximate surface area is 124 Å². The molecule has 112 valence electrons.